The molecule has 0 aliphatic heterocycles. The molecule has 4 rings (SSSR count). The molecule has 0 bridgehead atoms. The van der Waals surface area contributed by atoms with E-state index in [0.717, 1.165) is 11.1 Å². The summed E-state index contributed by atoms with van der Waals surface area (Å²) in [4.78, 5) is 49.3. The minimum absolute atomic E-state index is 0.00932. The van der Waals surface area contributed by atoms with Crippen molar-refractivity contribution in [3.8, 4) is 11.5 Å². The van der Waals surface area contributed by atoms with Crippen LogP contribution in [0.4, 0.5) is 0 Å². The van der Waals surface area contributed by atoms with Crippen LogP contribution in [0.3, 0.4) is 0 Å². The van der Waals surface area contributed by atoms with E-state index in [0.29, 0.717) is 24.0 Å². The molecule has 1 fully saturated rings. The molecule has 0 unspecified atom stereocenters. The van der Waals surface area contributed by atoms with Gasteiger partial charge in [-0.05, 0) is 54.0 Å². The molecule has 8 heteroatoms. The maximum absolute atomic E-state index is 13.3. The summed E-state index contributed by atoms with van der Waals surface area (Å²) in [5.74, 6) is -2.61. The number of allylic oxidation sites excluding steroid dienone is 7. The maximum Gasteiger partial charge on any atom is 0.338 e. The van der Waals surface area contributed by atoms with Crippen LogP contribution < -0.4 is 9.47 Å². The monoisotopic (exact) mass is 534 g/mol. The summed E-state index contributed by atoms with van der Waals surface area (Å²) in [7, 11) is 0. The van der Waals surface area contributed by atoms with Crippen LogP contribution in [-0.2, 0) is 19.1 Å². The Morgan fingerprint density at radius 3 is 2.23 bits per heavy atom. The van der Waals surface area contributed by atoms with Crippen molar-refractivity contribution in [2.45, 2.75) is 67.4 Å². The number of rotatable bonds is 5. The standard InChI is InChI=1S/C31H34O8/c1-16(2)22-12-19-9-11-25-30(5,6)14-21(15-31(25,7)26(19)28(35)27(22)34)39-29(36)20-8-10-23(37-17(3)32)24(13-20)38-18(4)33/h8-13,16,21,35H,14-15H2,1-7H3/t21-,31-/m0/s1. The molecule has 1 N–H and O–H groups in total. The van der Waals surface area contributed by atoms with Crippen molar-refractivity contribution in [1.29, 1.82) is 0 Å². The van der Waals surface area contributed by atoms with Crippen LogP contribution >= 0.6 is 0 Å². The van der Waals surface area contributed by atoms with Gasteiger partial charge in [-0.3, -0.25) is 14.4 Å². The topological polar surface area (TPSA) is 116 Å². The summed E-state index contributed by atoms with van der Waals surface area (Å²) in [5.41, 5.74) is 1.95. The molecular formula is C31H34O8. The first-order valence-electron chi connectivity index (χ1n) is 13.0. The number of hydrogen-bond donors (Lipinski definition) is 1. The lowest BCUT2D eigenvalue weighted by Gasteiger charge is -2.52. The van der Waals surface area contributed by atoms with E-state index in [1.165, 1.54) is 32.0 Å². The number of aliphatic hydroxyl groups is 1. The molecule has 1 saturated carbocycles. The van der Waals surface area contributed by atoms with Gasteiger partial charge in [0.2, 0.25) is 5.78 Å². The molecule has 206 valence electrons. The number of carbonyl (C=O) groups excluding carboxylic acids is 4. The van der Waals surface area contributed by atoms with Gasteiger partial charge >= 0.3 is 17.9 Å². The molecule has 39 heavy (non-hydrogen) atoms. The van der Waals surface area contributed by atoms with Gasteiger partial charge in [0.1, 0.15) is 6.10 Å². The third kappa shape index (κ3) is 5.20. The molecule has 8 nitrogen and oxygen atoms in total. The van der Waals surface area contributed by atoms with Gasteiger partial charge in [-0.2, -0.15) is 0 Å². The number of ether oxygens (including phenoxy) is 3. The Morgan fingerprint density at radius 1 is 0.974 bits per heavy atom. The summed E-state index contributed by atoms with van der Waals surface area (Å²) < 4.78 is 16.2. The second kappa shape index (κ2) is 9.98. The van der Waals surface area contributed by atoms with Crippen molar-refractivity contribution in [2.75, 3.05) is 0 Å². The molecule has 0 heterocycles. The van der Waals surface area contributed by atoms with Crippen molar-refractivity contribution >= 4 is 23.7 Å². The predicted molar refractivity (Wildman–Crippen MR) is 143 cm³/mol. The lowest BCUT2D eigenvalue weighted by molar-refractivity contribution is -0.134. The number of fused-ring (bicyclic) bond motifs is 3. The molecule has 0 saturated heterocycles. The number of esters is 3. The highest BCUT2D eigenvalue weighted by atomic mass is 16.6. The van der Waals surface area contributed by atoms with E-state index in [4.69, 9.17) is 14.2 Å². The molecule has 0 radical (unpaired) electrons. The summed E-state index contributed by atoms with van der Waals surface area (Å²) in [6, 6.07) is 4.11. The van der Waals surface area contributed by atoms with Gasteiger partial charge in [-0.15, -0.1) is 0 Å². The minimum Gasteiger partial charge on any atom is -0.504 e. The third-order valence-electron chi connectivity index (χ3n) is 7.58. The predicted octanol–water partition coefficient (Wildman–Crippen LogP) is 5.73. The van der Waals surface area contributed by atoms with Crippen LogP contribution in [0.15, 0.2) is 64.5 Å². The van der Waals surface area contributed by atoms with Gasteiger partial charge in [0, 0.05) is 30.4 Å². The Bertz CT molecular complexity index is 1400. The molecule has 3 aliphatic carbocycles. The fourth-order valence-corrected chi connectivity index (χ4v) is 6.13. The lowest BCUT2D eigenvalue weighted by atomic mass is 9.53. The highest BCUT2D eigenvalue weighted by Crippen LogP contribution is 2.59. The van der Waals surface area contributed by atoms with Crippen LogP contribution in [0.2, 0.25) is 0 Å². The van der Waals surface area contributed by atoms with Crippen LogP contribution in [0.25, 0.3) is 0 Å². The van der Waals surface area contributed by atoms with Crippen molar-refractivity contribution in [2.24, 2.45) is 16.7 Å². The molecule has 1 aromatic carbocycles. The largest absolute Gasteiger partial charge is 0.504 e. The second-order valence-corrected chi connectivity index (χ2v) is 11.5. The first-order valence-corrected chi connectivity index (χ1v) is 13.0. The molecule has 0 amide bonds. The number of aliphatic hydroxyl groups excluding tert-OH is 1. The van der Waals surface area contributed by atoms with Gasteiger partial charge in [0.25, 0.3) is 0 Å². The van der Waals surface area contributed by atoms with Crippen molar-refractivity contribution < 1.29 is 38.5 Å². The van der Waals surface area contributed by atoms with Crippen LogP contribution in [0.1, 0.15) is 71.7 Å². The number of hydrogen-bond acceptors (Lipinski definition) is 8. The van der Waals surface area contributed by atoms with E-state index in [1.54, 1.807) is 0 Å². The second-order valence-electron chi connectivity index (χ2n) is 11.5. The van der Waals surface area contributed by atoms with Gasteiger partial charge < -0.3 is 19.3 Å². The van der Waals surface area contributed by atoms with E-state index in [-0.39, 0.29) is 34.5 Å². The SMILES string of the molecule is CC(=O)Oc1ccc(C(=O)O[C@H]2CC(C)(C)C3=CC=C4C=C(C(C)C)C(=O)C(O)=C4[C@@]3(C)C2)cc1OC(C)=O. The molecule has 3 aliphatic rings. The van der Waals surface area contributed by atoms with Gasteiger partial charge in [0.15, 0.2) is 17.3 Å². The number of ketones is 1. The fourth-order valence-electron chi connectivity index (χ4n) is 6.13. The Kier molecular flexibility index (Phi) is 7.19. The quantitative estimate of drug-likeness (QED) is 0.376. The van der Waals surface area contributed by atoms with Crippen molar-refractivity contribution in [1.82, 2.24) is 0 Å². The molecule has 0 aromatic heterocycles. The highest BCUT2D eigenvalue weighted by Gasteiger charge is 2.52. The van der Waals surface area contributed by atoms with E-state index in [2.05, 4.69) is 19.9 Å². The maximum atomic E-state index is 13.3. The first-order chi connectivity index (χ1) is 18.1. The molecule has 0 spiro atoms. The molecule has 1 aromatic rings. The van der Waals surface area contributed by atoms with E-state index in [1.807, 2.05) is 32.9 Å². The summed E-state index contributed by atoms with van der Waals surface area (Å²) >= 11 is 0. The van der Waals surface area contributed by atoms with E-state index in [9.17, 15) is 24.3 Å². The number of benzene rings is 1. The van der Waals surface area contributed by atoms with Gasteiger partial charge in [-0.25, -0.2) is 4.79 Å². The van der Waals surface area contributed by atoms with E-state index < -0.39 is 34.8 Å². The lowest BCUT2D eigenvalue weighted by Crippen LogP contribution is -2.46. The zero-order valence-corrected chi connectivity index (χ0v) is 23.3. The summed E-state index contributed by atoms with van der Waals surface area (Å²) in [6.45, 7) is 12.3. The average molecular weight is 535 g/mol. The van der Waals surface area contributed by atoms with Crippen LogP contribution in [0, 0.1) is 16.7 Å². The molecule has 2 atom stereocenters. The normalized spacial score (nSPS) is 23.6. The highest BCUT2D eigenvalue weighted by molar-refractivity contribution is 6.10. The van der Waals surface area contributed by atoms with Crippen LogP contribution in [0.5, 0.6) is 11.5 Å². The Balaban J connectivity index is 1.66. The Labute approximate surface area is 228 Å². The van der Waals surface area contributed by atoms with Gasteiger partial charge in [0.05, 0.1) is 5.56 Å². The minimum atomic E-state index is -0.738. The first kappa shape index (κ1) is 28.1. The fraction of sp³-hybridized carbons (Fsp3) is 0.419. The Hall–Kier alpha value is -3.94. The van der Waals surface area contributed by atoms with E-state index >= 15 is 0 Å². The zero-order chi connectivity index (χ0) is 28.9. The summed E-state index contributed by atoms with van der Waals surface area (Å²) in [6.07, 6.45) is 6.22. The average Bonchev–Trinajstić information content (AvgIpc) is 2.80. The van der Waals surface area contributed by atoms with Crippen molar-refractivity contribution in [3.63, 3.8) is 0 Å². The third-order valence-corrected chi connectivity index (χ3v) is 7.58. The smallest absolute Gasteiger partial charge is 0.338 e. The van der Waals surface area contributed by atoms with Gasteiger partial charge in [-0.1, -0.05) is 52.3 Å². The van der Waals surface area contributed by atoms with Crippen LogP contribution in [-0.4, -0.2) is 34.9 Å². The number of carbonyl (C=O) groups is 4. The number of Topliss-reactive ketones (excluding diaryl/α,β-unsaturated/α-hetero) is 1. The molecular weight excluding hydrogens is 500 g/mol. The van der Waals surface area contributed by atoms with Crippen molar-refractivity contribution in [3.05, 3.63) is 70.0 Å². The summed E-state index contributed by atoms with van der Waals surface area (Å²) in [5, 5.41) is 11.1. The Morgan fingerprint density at radius 2 is 1.62 bits per heavy atom. The zero-order valence-electron chi connectivity index (χ0n) is 23.3.